The zero-order valence-corrected chi connectivity index (χ0v) is 14.0. The zero-order chi connectivity index (χ0) is 17.0. The van der Waals surface area contributed by atoms with Crippen molar-refractivity contribution in [3.05, 3.63) is 28.3 Å². The molecule has 3 N–H and O–H groups in total. The van der Waals surface area contributed by atoms with Crippen LogP contribution in [-0.2, 0) is 10.0 Å². The van der Waals surface area contributed by atoms with Crippen molar-refractivity contribution in [3.8, 4) is 0 Å². The smallest absolute Gasteiger partial charge is 0.293 e. The highest BCUT2D eigenvalue weighted by atomic mass is 32.2. The number of nitro groups is 1. The van der Waals surface area contributed by atoms with E-state index in [2.05, 4.69) is 12.2 Å². The van der Waals surface area contributed by atoms with Gasteiger partial charge in [-0.2, -0.15) is 0 Å². The Labute approximate surface area is 136 Å². The summed E-state index contributed by atoms with van der Waals surface area (Å²) < 4.78 is 22.6. The highest BCUT2D eigenvalue weighted by Gasteiger charge is 2.22. The molecule has 23 heavy (non-hydrogen) atoms. The van der Waals surface area contributed by atoms with Crippen LogP contribution in [0.4, 0.5) is 11.4 Å². The van der Waals surface area contributed by atoms with E-state index in [4.69, 9.17) is 5.14 Å². The molecule has 1 aromatic rings. The summed E-state index contributed by atoms with van der Waals surface area (Å²) in [4.78, 5) is 10.3. The van der Waals surface area contributed by atoms with Gasteiger partial charge in [-0.15, -0.1) is 0 Å². The van der Waals surface area contributed by atoms with Gasteiger partial charge in [-0.1, -0.05) is 26.2 Å². The number of hydrogen-bond donors (Lipinski definition) is 2. The maximum atomic E-state index is 11.3. The Hall–Kier alpha value is -1.67. The Balaban J connectivity index is 2.06. The van der Waals surface area contributed by atoms with E-state index < -0.39 is 14.9 Å². The first-order valence-corrected chi connectivity index (χ1v) is 9.41. The molecule has 128 valence electrons. The maximum absolute atomic E-state index is 11.3. The van der Waals surface area contributed by atoms with Crippen LogP contribution in [-0.4, -0.2) is 19.9 Å². The molecule has 1 aliphatic rings. The summed E-state index contributed by atoms with van der Waals surface area (Å²) in [6.07, 6.45) is 5.86. The summed E-state index contributed by atoms with van der Waals surface area (Å²) in [6, 6.07) is 3.71. The van der Waals surface area contributed by atoms with Gasteiger partial charge in [-0.05, 0) is 36.8 Å². The Kier molecular flexibility index (Phi) is 5.59. The predicted molar refractivity (Wildman–Crippen MR) is 88.7 cm³/mol. The fourth-order valence-corrected chi connectivity index (χ4v) is 3.62. The van der Waals surface area contributed by atoms with E-state index in [0.717, 1.165) is 24.8 Å². The van der Waals surface area contributed by atoms with Crippen molar-refractivity contribution in [1.29, 1.82) is 0 Å². The molecule has 0 bridgehead atoms. The van der Waals surface area contributed by atoms with Crippen molar-refractivity contribution in [1.82, 2.24) is 0 Å². The number of primary sulfonamides is 1. The Morgan fingerprint density at radius 2 is 1.87 bits per heavy atom. The molecule has 0 atom stereocenters. The van der Waals surface area contributed by atoms with Crippen LogP contribution in [0, 0.1) is 22.0 Å². The lowest BCUT2D eigenvalue weighted by molar-refractivity contribution is -0.384. The fraction of sp³-hybridized carbons (Fsp3) is 0.600. The molecular weight excluding hydrogens is 318 g/mol. The molecule has 1 aromatic carbocycles. The molecule has 2 rings (SSSR count). The first-order valence-electron chi connectivity index (χ1n) is 7.86. The molecule has 0 aliphatic heterocycles. The van der Waals surface area contributed by atoms with E-state index in [1.165, 1.54) is 31.4 Å². The second-order valence-corrected chi connectivity index (χ2v) is 7.72. The molecule has 0 radical (unpaired) electrons. The van der Waals surface area contributed by atoms with E-state index in [1.807, 2.05) is 0 Å². The second kappa shape index (κ2) is 7.27. The average molecular weight is 341 g/mol. The van der Waals surface area contributed by atoms with E-state index in [0.29, 0.717) is 18.2 Å². The Bertz CT molecular complexity index is 667. The molecule has 1 saturated carbocycles. The standard InChI is InChI=1S/C15H23N3O4S/c1-2-11-3-5-12(6-4-11)10-17-14-8-7-13(23(16,21)22)9-15(14)18(19)20/h7-9,11-12,17H,2-6,10H2,1H3,(H2,16,21,22). The molecule has 0 unspecified atom stereocenters. The summed E-state index contributed by atoms with van der Waals surface area (Å²) >= 11 is 0. The minimum atomic E-state index is -3.95. The number of anilines is 1. The van der Waals surface area contributed by atoms with Gasteiger partial charge in [0.25, 0.3) is 5.69 Å². The molecule has 1 aliphatic carbocycles. The van der Waals surface area contributed by atoms with Crippen LogP contribution in [0.3, 0.4) is 0 Å². The summed E-state index contributed by atoms with van der Waals surface area (Å²) in [5.41, 5.74) is 0.0683. The average Bonchev–Trinajstić information content (AvgIpc) is 2.52. The van der Waals surface area contributed by atoms with Gasteiger partial charge >= 0.3 is 0 Å². The number of sulfonamides is 1. The normalized spacial score (nSPS) is 21.8. The largest absolute Gasteiger partial charge is 0.379 e. The van der Waals surface area contributed by atoms with Crippen molar-refractivity contribution in [2.24, 2.45) is 17.0 Å². The van der Waals surface area contributed by atoms with Crippen LogP contribution < -0.4 is 10.5 Å². The summed E-state index contributed by atoms with van der Waals surface area (Å²) in [6.45, 7) is 2.87. The molecule has 0 aromatic heterocycles. The van der Waals surface area contributed by atoms with Gasteiger partial charge in [0.2, 0.25) is 10.0 Å². The van der Waals surface area contributed by atoms with Gasteiger partial charge in [-0.3, -0.25) is 10.1 Å². The van der Waals surface area contributed by atoms with Crippen molar-refractivity contribution >= 4 is 21.4 Å². The van der Waals surface area contributed by atoms with Crippen molar-refractivity contribution in [2.75, 3.05) is 11.9 Å². The van der Waals surface area contributed by atoms with Gasteiger partial charge in [0.15, 0.2) is 0 Å². The molecule has 0 heterocycles. The first kappa shape index (κ1) is 17.7. The minimum absolute atomic E-state index is 0.252. The van der Waals surface area contributed by atoms with Crippen LogP contribution >= 0.6 is 0 Å². The maximum Gasteiger partial charge on any atom is 0.293 e. The third-order valence-corrected chi connectivity index (χ3v) is 5.53. The predicted octanol–water partition coefficient (Wildman–Crippen LogP) is 2.87. The third-order valence-electron chi connectivity index (χ3n) is 4.62. The van der Waals surface area contributed by atoms with Crippen molar-refractivity contribution < 1.29 is 13.3 Å². The zero-order valence-electron chi connectivity index (χ0n) is 13.2. The van der Waals surface area contributed by atoms with Crippen LogP contribution in [0.15, 0.2) is 23.1 Å². The number of rotatable bonds is 6. The second-order valence-electron chi connectivity index (χ2n) is 6.16. The van der Waals surface area contributed by atoms with Crippen molar-refractivity contribution in [3.63, 3.8) is 0 Å². The highest BCUT2D eigenvalue weighted by Crippen LogP contribution is 2.32. The van der Waals surface area contributed by atoms with Gasteiger partial charge in [0, 0.05) is 12.6 Å². The minimum Gasteiger partial charge on any atom is -0.379 e. The lowest BCUT2D eigenvalue weighted by Crippen LogP contribution is -2.21. The molecule has 0 saturated heterocycles. The highest BCUT2D eigenvalue weighted by molar-refractivity contribution is 7.89. The van der Waals surface area contributed by atoms with Crippen LogP contribution in [0.1, 0.15) is 39.0 Å². The summed E-state index contributed by atoms with van der Waals surface area (Å²) in [5, 5.41) is 19.3. The quantitative estimate of drug-likeness (QED) is 0.610. The van der Waals surface area contributed by atoms with E-state index in [-0.39, 0.29) is 10.6 Å². The monoisotopic (exact) mass is 341 g/mol. The van der Waals surface area contributed by atoms with Crippen LogP contribution in [0.25, 0.3) is 0 Å². The van der Waals surface area contributed by atoms with E-state index in [1.54, 1.807) is 0 Å². The lowest BCUT2D eigenvalue weighted by Gasteiger charge is -2.28. The topological polar surface area (TPSA) is 115 Å². The Morgan fingerprint density at radius 1 is 1.26 bits per heavy atom. The number of nitrogens with zero attached hydrogens (tertiary/aromatic N) is 1. The summed E-state index contributed by atoms with van der Waals surface area (Å²) in [7, 11) is -3.95. The molecular formula is C15H23N3O4S. The fourth-order valence-electron chi connectivity index (χ4n) is 3.09. The van der Waals surface area contributed by atoms with Crippen LogP contribution in [0.2, 0.25) is 0 Å². The number of nitro benzene ring substituents is 1. The Morgan fingerprint density at radius 3 is 2.39 bits per heavy atom. The molecule has 0 amide bonds. The number of nitrogens with one attached hydrogen (secondary N) is 1. The lowest BCUT2D eigenvalue weighted by atomic mass is 9.81. The van der Waals surface area contributed by atoms with E-state index >= 15 is 0 Å². The molecule has 8 heteroatoms. The SMILES string of the molecule is CCC1CCC(CNc2ccc(S(N)(=O)=O)cc2[N+](=O)[O-])CC1. The number of nitrogens with two attached hydrogens (primary N) is 1. The first-order chi connectivity index (χ1) is 10.8. The molecule has 1 fully saturated rings. The molecule has 7 nitrogen and oxygen atoms in total. The van der Waals surface area contributed by atoms with Gasteiger partial charge in [-0.25, -0.2) is 13.6 Å². The summed E-state index contributed by atoms with van der Waals surface area (Å²) in [5.74, 6) is 1.30. The van der Waals surface area contributed by atoms with Gasteiger partial charge < -0.3 is 5.32 Å². The van der Waals surface area contributed by atoms with Crippen LogP contribution in [0.5, 0.6) is 0 Å². The van der Waals surface area contributed by atoms with E-state index in [9.17, 15) is 18.5 Å². The van der Waals surface area contributed by atoms with Crippen molar-refractivity contribution in [2.45, 2.75) is 43.9 Å². The van der Waals surface area contributed by atoms with Gasteiger partial charge in [0.05, 0.1) is 9.82 Å². The molecule has 0 spiro atoms. The van der Waals surface area contributed by atoms with Gasteiger partial charge in [0.1, 0.15) is 5.69 Å². The number of hydrogen-bond acceptors (Lipinski definition) is 5. The number of benzene rings is 1. The third kappa shape index (κ3) is 4.65.